The molecular weight excluding hydrogens is 458 g/mol. The summed E-state index contributed by atoms with van der Waals surface area (Å²) in [4.78, 5) is 11.5. The summed E-state index contributed by atoms with van der Waals surface area (Å²) in [5.41, 5.74) is 3.65. The Balaban J connectivity index is 1.80. The maximum atomic E-state index is 11.0. The van der Waals surface area contributed by atoms with Crippen molar-refractivity contribution in [1.29, 1.82) is 0 Å². The minimum atomic E-state index is -1.13. The molecule has 0 bridgehead atoms. The standard InChI is InChI=1S/C27H33N5O4/c1-18(2)32-15-19(13-29-32)26-14-28-24-8-7-20(11-25(24)30-26)31(16-27(3,33)17-34-4)21-9-22(35-5)12-23(10-21)36-6/h7-15,18,33H,16-17H2,1-6H3. The van der Waals surface area contributed by atoms with Crippen LogP contribution in [0.4, 0.5) is 11.4 Å². The summed E-state index contributed by atoms with van der Waals surface area (Å²) in [6.45, 7) is 6.33. The Morgan fingerprint density at radius 1 is 0.972 bits per heavy atom. The summed E-state index contributed by atoms with van der Waals surface area (Å²) >= 11 is 0. The van der Waals surface area contributed by atoms with Gasteiger partial charge in [-0.1, -0.05) is 0 Å². The van der Waals surface area contributed by atoms with Gasteiger partial charge in [-0.2, -0.15) is 5.10 Å². The molecule has 9 nitrogen and oxygen atoms in total. The van der Waals surface area contributed by atoms with Gasteiger partial charge < -0.3 is 24.2 Å². The van der Waals surface area contributed by atoms with Crippen LogP contribution in [-0.2, 0) is 4.74 Å². The zero-order chi connectivity index (χ0) is 25.9. The molecule has 36 heavy (non-hydrogen) atoms. The highest BCUT2D eigenvalue weighted by atomic mass is 16.5. The van der Waals surface area contributed by atoms with E-state index in [0.29, 0.717) is 11.5 Å². The van der Waals surface area contributed by atoms with Gasteiger partial charge in [0.15, 0.2) is 0 Å². The van der Waals surface area contributed by atoms with Crippen LogP contribution in [0.25, 0.3) is 22.3 Å². The van der Waals surface area contributed by atoms with Gasteiger partial charge in [0.1, 0.15) is 17.1 Å². The van der Waals surface area contributed by atoms with Crippen molar-refractivity contribution >= 4 is 22.4 Å². The molecule has 0 amide bonds. The fourth-order valence-corrected chi connectivity index (χ4v) is 4.04. The molecule has 9 heteroatoms. The van der Waals surface area contributed by atoms with Gasteiger partial charge in [-0.25, -0.2) is 4.98 Å². The minimum absolute atomic E-state index is 0.169. The van der Waals surface area contributed by atoms with Gasteiger partial charge in [0.05, 0.1) is 56.5 Å². The Morgan fingerprint density at radius 3 is 2.31 bits per heavy atom. The molecule has 1 N–H and O–H groups in total. The second-order valence-corrected chi connectivity index (χ2v) is 9.32. The smallest absolute Gasteiger partial charge is 0.124 e. The maximum Gasteiger partial charge on any atom is 0.124 e. The highest BCUT2D eigenvalue weighted by molar-refractivity contribution is 5.82. The average Bonchev–Trinajstić information content (AvgIpc) is 3.37. The van der Waals surface area contributed by atoms with Crippen molar-refractivity contribution < 1.29 is 19.3 Å². The third-order valence-corrected chi connectivity index (χ3v) is 5.87. The SMILES string of the molecule is COCC(C)(O)CN(c1cc(OC)cc(OC)c1)c1ccc2ncc(-c3cnn(C(C)C)c3)nc2c1. The molecule has 0 fully saturated rings. The quantitative estimate of drug-likeness (QED) is 0.343. The van der Waals surface area contributed by atoms with E-state index in [9.17, 15) is 5.11 Å². The predicted octanol–water partition coefficient (Wildman–Crippen LogP) is 4.63. The third kappa shape index (κ3) is 5.58. The molecule has 0 aliphatic rings. The number of hydrogen-bond donors (Lipinski definition) is 1. The first-order valence-corrected chi connectivity index (χ1v) is 11.8. The van der Waals surface area contributed by atoms with Crippen molar-refractivity contribution in [2.24, 2.45) is 0 Å². The summed E-state index contributed by atoms with van der Waals surface area (Å²) < 4.78 is 18.1. The molecule has 0 spiro atoms. The zero-order valence-corrected chi connectivity index (χ0v) is 21.6. The second kappa shape index (κ2) is 10.5. The molecular formula is C27H33N5O4. The van der Waals surface area contributed by atoms with Crippen LogP contribution >= 0.6 is 0 Å². The lowest BCUT2D eigenvalue weighted by atomic mass is 10.1. The number of anilines is 2. The molecule has 4 rings (SSSR count). The molecule has 0 aliphatic carbocycles. The predicted molar refractivity (Wildman–Crippen MR) is 140 cm³/mol. The van der Waals surface area contributed by atoms with Crippen molar-refractivity contribution in [3.8, 4) is 22.8 Å². The van der Waals surface area contributed by atoms with Gasteiger partial charge in [-0.3, -0.25) is 9.67 Å². The molecule has 0 saturated carbocycles. The van der Waals surface area contributed by atoms with Crippen LogP contribution in [0, 0.1) is 0 Å². The fourth-order valence-electron chi connectivity index (χ4n) is 4.04. The van der Waals surface area contributed by atoms with Crippen molar-refractivity contribution in [3.63, 3.8) is 0 Å². The molecule has 1 unspecified atom stereocenters. The lowest BCUT2D eigenvalue weighted by Crippen LogP contribution is -2.42. The molecule has 190 valence electrons. The van der Waals surface area contributed by atoms with E-state index in [1.807, 2.05) is 52.2 Å². The Kier molecular flexibility index (Phi) is 7.42. The van der Waals surface area contributed by atoms with Gasteiger partial charge in [-0.15, -0.1) is 0 Å². The lowest BCUT2D eigenvalue weighted by molar-refractivity contribution is -0.00932. The average molecular weight is 492 g/mol. The van der Waals surface area contributed by atoms with Gasteiger partial charge in [0.2, 0.25) is 0 Å². The van der Waals surface area contributed by atoms with E-state index in [1.54, 1.807) is 40.6 Å². The highest BCUT2D eigenvalue weighted by Crippen LogP contribution is 2.35. The third-order valence-electron chi connectivity index (χ3n) is 5.87. The first-order valence-electron chi connectivity index (χ1n) is 11.8. The number of hydrogen-bond acceptors (Lipinski definition) is 8. The van der Waals surface area contributed by atoms with E-state index >= 15 is 0 Å². The number of nitrogens with zero attached hydrogens (tertiary/aromatic N) is 5. The Labute approximate surface area is 211 Å². The lowest BCUT2D eigenvalue weighted by Gasteiger charge is -2.33. The van der Waals surface area contributed by atoms with Crippen molar-refractivity contribution in [2.75, 3.05) is 39.4 Å². The van der Waals surface area contributed by atoms with Crippen LogP contribution in [0.2, 0.25) is 0 Å². The molecule has 2 aromatic carbocycles. The molecule has 2 aromatic heterocycles. The minimum Gasteiger partial charge on any atom is -0.497 e. The van der Waals surface area contributed by atoms with Crippen molar-refractivity contribution in [3.05, 3.63) is 55.0 Å². The van der Waals surface area contributed by atoms with Crippen LogP contribution in [0.15, 0.2) is 55.0 Å². The number of aliphatic hydroxyl groups is 1. The Bertz CT molecular complexity index is 1310. The van der Waals surface area contributed by atoms with Crippen molar-refractivity contribution in [1.82, 2.24) is 19.7 Å². The zero-order valence-electron chi connectivity index (χ0n) is 21.6. The largest absolute Gasteiger partial charge is 0.497 e. The first kappa shape index (κ1) is 25.4. The maximum absolute atomic E-state index is 11.0. The summed E-state index contributed by atoms with van der Waals surface area (Å²) in [6, 6.07) is 11.7. The Hall–Kier alpha value is -3.69. The molecule has 2 heterocycles. The number of aromatic nitrogens is 4. The highest BCUT2D eigenvalue weighted by Gasteiger charge is 2.26. The van der Waals surface area contributed by atoms with Crippen LogP contribution < -0.4 is 14.4 Å². The van der Waals surface area contributed by atoms with E-state index in [-0.39, 0.29) is 19.2 Å². The Morgan fingerprint density at radius 2 is 1.69 bits per heavy atom. The number of ether oxygens (including phenoxy) is 3. The van der Waals surface area contributed by atoms with Crippen LogP contribution in [0.3, 0.4) is 0 Å². The number of fused-ring (bicyclic) bond motifs is 1. The number of rotatable bonds is 10. The number of benzene rings is 2. The molecule has 0 radical (unpaired) electrons. The van der Waals surface area contributed by atoms with E-state index in [2.05, 4.69) is 23.9 Å². The molecule has 1 atom stereocenters. The number of methoxy groups -OCH3 is 3. The second-order valence-electron chi connectivity index (χ2n) is 9.32. The van der Waals surface area contributed by atoms with E-state index < -0.39 is 5.60 Å². The van der Waals surface area contributed by atoms with Gasteiger partial charge in [0, 0.05) is 54.5 Å². The topological polar surface area (TPSA) is 94.8 Å². The normalized spacial score (nSPS) is 13.1. The molecule has 0 saturated heterocycles. The molecule has 4 aromatic rings. The van der Waals surface area contributed by atoms with E-state index in [0.717, 1.165) is 33.7 Å². The summed E-state index contributed by atoms with van der Waals surface area (Å²) in [7, 11) is 4.79. The monoisotopic (exact) mass is 491 g/mol. The summed E-state index contributed by atoms with van der Waals surface area (Å²) in [5, 5.41) is 15.5. The van der Waals surface area contributed by atoms with E-state index in [4.69, 9.17) is 19.2 Å². The van der Waals surface area contributed by atoms with Crippen LogP contribution in [-0.4, -0.2) is 64.9 Å². The van der Waals surface area contributed by atoms with E-state index in [1.165, 1.54) is 0 Å². The van der Waals surface area contributed by atoms with Crippen LogP contribution in [0.1, 0.15) is 26.8 Å². The van der Waals surface area contributed by atoms with Crippen LogP contribution in [0.5, 0.6) is 11.5 Å². The fraction of sp³-hybridized carbons (Fsp3) is 0.370. The van der Waals surface area contributed by atoms with Gasteiger partial charge >= 0.3 is 0 Å². The summed E-state index contributed by atoms with van der Waals surface area (Å²) in [6.07, 6.45) is 5.54. The molecule has 0 aliphatic heterocycles. The van der Waals surface area contributed by atoms with Gasteiger partial charge in [0.25, 0.3) is 0 Å². The summed E-state index contributed by atoms with van der Waals surface area (Å²) in [5.74, 6) is 1.29. The first-order chi connectivity index (χ1) is 17.2. The van der Waals surface area contributed by atoms with Gasteiger partial charge in [-0.05, 0) is 39.0 Å². The van der Waals surface area contributed by atoms with Crippen molar-refractivity contribution in [2.45, 2.75) is 32.4 Å².